The Morgan fingerprint density at radius 1 is 1.00 bits per heavy atom. The largest absolute Gasteiger partial charge is 0.418 e. The molecular weight excluding hydrogens is 399 g/mol. The summed E-state index contributed by atoms with van der Waals surface area (Å²) in [5, 5.41) is 4.95. The van der Waals surface area contributed by atoms with Gasteiger partial charge in [-0.1, -0.05) is 12.1 Å². The van der Waals surface area contributed by atoms with Gasteiger partial charge in [-0.2, -0.15) is 13.2 Å². The molecule has 2 rings (SSSR count). The van der Waals surface area contributed by atoms with Gasteiger partial charge < -0.3 is 15.5 Å². The van der Waals surface area contributed by atoms with E-state index in [9.17, 15) is 27.6 Å². The number of hydrogen-bond acceptors (Lipinski definition) is 3. The first-order valence-corrected chi connectivity index (χ1v) is 9.19. The number of ketones is 1. The molecule has 0 bridgehead atoms. The zero-order valence-electron chi connectivity index (χ0n) is 16.8. The van der Waals surface area contributed by atoms with Crippen LogP contribution in [0.1, 0.15) is 29.8 Å². The molecule has 0 fully saturated rings. The number of likely N-dealkylation sites (N-methyl/N-ethyl adjacent to an activating group) is 1. The number of halogens is 3. The molecule has 0 aromatic heterocycles. The van der Waals surface area contributed by atoms with E-state index < -0.39 is 23.7 Å². The molecule has 2 aromatic carbocycles. The first kappa shape index (κ1) is 23.1. The molecular formula is C21H23F3N3O3+. The van der Waals surface area contributed by atoms with E-state index in [2.05, 4.69) is 10.6 Å². The van der Waals surface area contributed by atoms with E-state index in [1.807, 2.05) is 0 Å². The maximum absolute atomic E-state index is 13.0. The summed E-state index contributed by atoms with van der Waals surface area (Å²) in [7, 11) is 1.60. The summed E-state index contributed by atoms with van der Waals surface area (Å²) >= 11 is 0. The van der Waals surface area contributed by atoms with Crippen LogP contribution in [-0.4, -0.2) is 37.2 Å². The summed E-state index contributed by atoms with van der Waals surface area (Å²) in [4.78, 5) is 36.4. The van der Waals surface area contributed by atoms with E-state index in [-0.39, 0.29) is 23.9 Å². The van der Waals surface area contributed by atoms with Crippen LogP contribution in [0.3, 0.4) is 0 Å². The summed E-state index contributed by atoms with van der Waals surface area (Å²) in [5.41, 5.74) is -0.255. The fourth-order valence-electron chi connectivity index (χ4n) is 2.70. The molecule has 0 spiro atoms. The van der Waals surface area contributed by atoms with Gasteiger partial charge in [0.25, 0.3) is 11.8 Å². The SMILES string of the molecule is CC(=O)c1ccc(NC(=O)[C@H](C)[NH+](C)CC(=O)Nc2ccccc2C(F)(F)F)cc1. The van der Waals surface area contributed by atoms with Crippen molar-refractivity contribution in [3.8, 4) is 0 Å². The van der Waals surface area contributed by atoms with E-state index in [4.69, 9.17) is 0 Å². The second-order valence-electron chi connectivity index (χ2n) is 6.96. The van der Waals surface area contributed by atoms with Gasteiger partial charge in [0.2, 0.25) is 0 Å². The van der Waals surface area contributed by atoms with Crippen molar-refractivity contribution in [2.45, 2.75) is 26.1 Å². The van der Waals surface area contributed by atoms with Gasteiger partial charge >= 0.3 is 6.18 Å². The Morgan fingerprint density at radius 3 is 2.17 bits per heavy atom. The average Bonchev–Trinajstić information content (AvgIpc) is 2.67. The van der Waals surface area contributed by atoms with Crippen LogP contribution < -0.4 is 15.5 Å². The molecule has 6 nitrogen and oxygen atoms in total. The Hall–Kier alpha value is -3.20. The number of quaternary nitrogens is 1. The summed E-state index contributed by atoms with van der Waals surface area (Å²) in [6.45, 7) is 2.84. The molecule has 2 amide bonds. The van der Waals surface area contributed by atoms with E-state index in [1.54, 1.807) is 38.2 Å². The van der Waals surface area contributed by atoms with Gasteiger partial charge in [0, 0.05) is 11.3 Å². The second-order valence-corrected chi connectivity index (χ2v) is 6.96. The zero-order chi connectivity index (χ0) is 22.5. The monoisotopic (exact) mass is 422 g/mol. The van der Waals surface area contributed by atoms with Gasteiger partial charge in [-0.25, -0.2) is 0 Å². The lowest BCUT2D eigenvalue weighted by Gasteiger charge is -2.21. The molecule has 0 aliphatic carbocycles. The molecule has 2 aromatic rings. The maximum Gasteiger partial charge on any atom is 0.418 e. The summed E-state index contributed by atoms with van der Waals surface area (Å²) in [6.07, 6.45) is -4.59. The van der Waals surface area contributed by atoms with Crippen LogP contribution >= 0.6 is 0 Å². The number of carbonyl (C=O) groups is 3. The van der Waals surface area contributed by atoms with E-state index in [0.717, 1.165) is 6.07 Å². The van der Waals surface area contributed by atoms with Crippen molar-refractivity contribution in [1.82, 2.24) is 0 Å². The normalized spacial score (nSPS) is 13.3. The Kier molecular flexibility index (Phi) is 7.33. The molecule has 0 saturated heterocycles. The van der Waals surface area contributed by atoms with Gasteiger partial charge in [-0.3, -0.25) is 14.4 Å². The van der Waals surface area contributed by atoms with Crippen molar-refractivity contribution in [3.05, 3.63) is 59.7 Å². The molecule has 0 radical (unpaired) electrons. The summed E-state index contributed by atoms with van der Waals surface area (Å²) in [6, 6.07) is 10.4. The molecule has 0 aliphatic heterocycles. The quantitative estimate of drug-likeness (QED) is 0.600. The minimum absolute atomic E-state index is 0.0940. The van der Waals surface area contributed by atoms with E-state index in [0.29, 0.717) is 16.2 Å². The highest BCUT2D eigenvalue weighted by Crippen LogP contribution is 2.34. The molecule has 160 valence electrons. The molecule has 0 aliphatic rings. The minimum Gasteiger partial charge on any atom is -0.321 e. The smallest absolute Gasteiger partial charge is 0.321 e. The van der Waals surface area contributed by atoms with Crippen LogP contribution in [0.4, 0.5) is 24.5 Å². The number of anilines is 2. The van der Waals surface area contributed by atoms with Crippen LogP contribution in [0, 0.1) is 0 Å². The molecule has 0 saturated carbocycles. The van der Waals surface area contributed by atoms with Crippen molar-refractivity contribution in [1.29, 1.82) is 0 Å². The predicted octanol–water partition coefficient (Wildman–Crippen LogP) is 2.39. The van der Waals surface area contributed by atoms with Crippen molar-refractivity contribution in [2.75, 3.05) is 24.2 Å². The first-order chi connectivity index (χ1) is 14.0. The number of rotatable bonds is 7. The number of hydrogen-bond donors (Lipinski definition) is 3. The lowest BCUT2D eigenvalue weighted by Crippen LogP contribution is -3.14. The van der Waals surface area contributed by atoms with Crippen molar-refractivity contribution in [2.24, 2.45) is 0 Å². The third-order valence-electron chi connectivity index (χ3n) is 4.64. The first-order valence-electron chi connectivity index (χ1n) is 9.19. The summed E-state index contributed by atoms with van der Waals surface area (Å²) in [5.74, 6) is -1.11. The molecule has 9 heteroatoms. The van der Waals surface area contributed by atoms with Crippen LogP contribution in [0.2, 0.25) is 0 Å². The zero-order valence-corrected chi connectivity index (χ0v) is 16.8. The van der Waals surface area contributed by atoms with E-state index in [1.165, 1.54) is 25.1 Å². The third kappa shape index (κ3) is 6.15. The molecule has 0 heterocycles. The number of carbonyl (C=O) groups excluding carboxylic acids is 3. The lowest BCUT2D eigenvalue weighted by atomic mass is 10.1. The fraction of sp³-hybridized carbons (Fsp3) is 0.286. The fourth-order valence-corrected chi connectivity index (χ4v) is 2.70. The van der Waals surface area contributed by atoms with Crippen molar-refractivity contribution >= 4 is 29.0 Å². The minimum atomic E-state index is -4.59. The molecule has 3 N–H and O–H groups in total. The van der Waals surface area contributed by atoms with Crippen molar-refractivity contribution in [3.63, 3.8) is 0 Å². The van der Waals surface area contributed by atoms with Gasteiger partial charge in [0.05, 0.1) is 18.3 Å². The number of para-hydroxylation sites is 1. The molecule has 30 heavy (non-hydrogen) atoms. The number of alkyl halides is 3. The maximum atomic E-state index is 13.0. The van der Waals surface area contributed by atoms with Crippen LogP contribution in [-0.2, 0) is 15.8 Å². The van der Waals surface area contributed by atoms with Gasteiger partial charge in [0.1, 0.15) is 0 Å². The van der Waals surface area contributed by atoms with Crippen LogP contribution in [0.15, 0.2) is 48.5 Å². The number of Topliss-reactive ketones (excluding diaryl/α,β-unsaturated/α-hetero) is 1. The summed E-state index contributed by atoms with van der Waals surface area (Å²) < 4.78 is 39.1. The number of nitrogens with one attached hydrogen (secondary N) is 3. The number of amides is 2. The lowest BCUT2D eigenvalue weighted by molar-refractivity contribution is -0.885. The topological polar surface area (TPSA) is 79.7 Å². The molecule has 2 atom stereocenters. The second kappa shape index (κ2) is 9.53. The van der Waals surface area contributed by atoms with Gasteiger partial charge in [-0.05, 0) is 50.2 Å². The van der Waals surface area contributed by atoms with Gasteiger partial charge in [-0.15, -0.1) is 0 Å². The van der Waals surface area contributed by atoms with E-state index >= 15 is 0 Å². The Balaban J connectivity index is 1.96. The highest BCUT2D eigenvalue weighted by molar-refractivity contribution is 5.97. The molecule has 1 unspecified atom stereocenters. The standard InChI is InChI=1S/C21H22F3N3O3/c1-13(20(30)25-16-10-8-15(9-11-16)14(2)28)27(3)12-19(29)26-18-7-5-4-6-17(18)21(22,23)24/h4-11,13H,12H2,1-3H3,(H,25,30)(H,26,29)/p+1/t13-/m0/s1. The van der Waals surface area contributed by atoms with Crippen LogP contribution in [0.5, 0.6) is 0 Å². The third-order valence-corrected chi connectivity index (χ3v) is 4.64. The Morgan fingerprint density at radius 2 is 1.60 bits per heavy atom. The Bertz CT molecular complexity index is 927. The van der Waals surface area contributed by atoms with Gasteiger partial charge in [0.15, 0.2) is 18.4 Å². The number of benzene rings is 2. The predicted molar refractivity (Wildman–Crippen MR) is 106 cm³/mol. The Labute approximate surface area is 172 Å². The highest BCUT2D eigenvalue weighted by Gasteiger charge is 2.34. The van der Waals surface area contributed by atoms with Crippen LogP contribution in [0.25, 0.3) is 0 Å². The average molecular weight is 422 g/mol. The van der Waals surface area contributed by atoms with Crippen molar-refractivity contribution < 1.29 is 32.5 Å². The highest BCUT2D eigenvalue weighted by atomic mass is 19.4.